The number of hydrogen-bond acceptors (Lipinski definition) is 3. The van der Waals surface area contributed by atoms with Gasteiger partial charge in [0.1, 0.15) is 5.75 Å². The fraction of sp³-hybridized carbons (Fsp3) is 0.133. The molecule has 0 bridgehead atoms. The lowest BCUT2D eigenvalue weighted by Crippen LogP contribution is -2.05. The van der Waals surface area contributed by atoms with Gasteiger partial charge in [0.15, 0.2) is 0 Å². The Kier molecular flexibility index (Phi) is 4.03. The molecule has 19 heavy (non-hydrogen) atoms. The Morgan fingerprint density at radius 3 is 2.32 bits per heavy atom. The smallest absolute Gasteiger partial charge is 0.221 e. The lowest BCUT2D eigenvalue weighted by atomic mass is 10.2. The summed E-state index contributed by atoms with van der Waals surface area (Å²) in [6.07, 6.45) is 0. The first-order valence-electron chi connectivity index (χ1n) is 5.96. The highest BCUT2D eigenvalue weighted by Gasteiger charge is 1.99. The zero-order valence-electron chi connectivity index (χ0n) is 10.9. The number of ether oxygens (including phenoxy) is 1. The molecule has 0 spiro atoms. The van der Waals surface area contributed by atoms with Gasteiger partial charge < -0.3 is 15.4 Å². The van der Waals surface area contributed by atoms with E-state index in [0.717, 1.165) is 22.8 Å². The predicted octanol–water partition coefficient (Wildman–Crippen LogP) is 3.40. The number of methoxy groups -OCH3 is 1. The van der Waals surface area contributed by atoms with Crippen LogP contribution < -0.4 is 15.4 Å². The molecule has 0 aliphatic carbocycles. The van der Waals surface area contributed by atoms with Crippen LogP contribution in [0.4, 0.5) is 17.1 Å². The highest BCUT2D eigenvalue weighted by atomic mass is 16.5. The van der Waals surface area contributed by atoms with Crippen molar-refractivity contribution in [2.24, 2.45) is 0 Å². The molecule has 0 aliphatic heterocycles. The Balaban J connectivity index is 2.11. The van der Waals surface area contributed by atoms with Crippen LogP contribution in [0, 0.1) is 0 Å². The molecule has 2 aromatic carbocycles. The van der Waals surface area contributed by atoms with Crippen LogP contribution in [0.1, 0.15) is 6.92 Å². The number of amides is 1. The van der Waals surface area contributed by atoms with E-state index in [0.29, 0.717) is 0 Å². The minimum absolute atomic E-state index is 0.0819. The number of anilines is 3. The molecule has 0 aromatic heterocycles. The van der Waals surface area contributed by atoms with Crippen molar-refractivity contribution in [3.8, 4) is 5.75 Å². The van der Waals surface area contributed by atoms with E-state index >= 15 is 0 Å². The topological polar surface area (TPSA) is 50.4 Å². The van der Waals surface area contributed by atoms with Crippen molar-refractivity contribution in [1.29, 1.82) is 0 Å². The highest BCUT2D eigenvalue weighted by Crippen LogP contribution is 2.22. The quantitative estimate of drug-likeness (QED) is 0.881. The van der Waals surface area contributed by atoms with Gasteiger partial charge in [0.05, 0.1) is 7.11 Å². The maximum atomic E-state index is 11.0. The first kappa shape index (κ1) is 13.0. The van der Waals surface area contributed by atoms with Gasteiger partial charge in [0, 0.05) is 24.0 Å². The number of carbonyl (C=O) groups excluding carboxylic acids is 1. The zero-order valence-corrected chi connectivity index (χ0v) is 10.9. The molecule has 0 fully saturated rings. The Hall–Kier alpha value is -2.49. The summed E-state index contributed by atoms with van der Waals surface area (Å²) >= 11 is 0. The molecule has 0 heterocycles. The second-order valence-corrected chi connectivity index (χ2v) is 4.12. The van der Waals surface area contributed by atoms with Crippen LogP contribution in [-0.2, 0) is 4.79 Å². The van der Waals surface area contributed by atoms with E-state index in [4.69, 9.17) is 4.74 Å². The lowest BCUT2D eigenvalue weighted by Gasteiger charge is -2.09. The van der Waals surface area contributed by atoms with E-state index in [1.807, 2.05) is 48.5 Å². The molecule has 2 rings (SSSR count). The summed E-state index contributed by atoms with van der Waals surface area (Å²) in [5.41, 5.74) is 2.64. The third-order valence-electron chi connectivity index (χ3n) is 2.56. The molecule has 0 radical (unpaired) electrons. The predicted molar refractivity (Wildman–Crippen MR) is 77.0 cm³/mol. The van der Waals surface area contributed by atoms with Crippen molar-refractivity contribution in [3.63, 3.8) is 0 Å². The van der Waals surface area contributed by atoms with E-state index in [1.54, 1.807) is 7.11 Å². The van der Waals surface area contributed by atoms with E-state index < -0.39 is 0 Å². The van der Waals surface area contributed by atoms with Crippen molar-refractivity contribution >= 4 is 23.0 Å². The van der Waals surface area contributed by atoms with E-state index in [9.17, 15) is 4.79 Å². The molecule has 0 saturated carbocycles. The summed E-state index contributed by atoms with van der Waals surface area (Å²) in [5, 5.41) is 6.01. The van der Waals surface area contributed by atoms with Gasteiger partial charge in [-0.2, -0.15) is 0 Å². The Bertz CT molecular complexity index is 565. The fourth-order valence-corrected chi connectivity index (χ4v) is 1.72. The van der Waals surface area contributed by atoms with Crippen molar-refractivity contribution < 1.29 is 9.53 Å². The maximum Gasteiger partial charge on any atom is 0.221 e. The summed E-state index contributed by atoms with van der Waals surface area (Å²) in [6, 6.07) is 15.2. The van der Waals surface area contributed by atoms with Crippen LogP contribution >= 0.6 is 0 Å². The van der Waals surface area contributed by atoms with E-state index in [-0.39, 0.29) is 5.91 Å². The molecule has 98 valence electrons. The number of benzene rings is 2. The molecule has 0 atom stereocenters. The maximum absolute atomic E-state index is 11.0. The number of carbonyl (C=O) groups is 1. The van der Waals surface area contributed by atoms with Gasteiger partial charge in [-0.15, -0.1) is 0 Å². The average molecular weight is 256 g/mol. The first-order chi connectivity index (χ1) is 9.17. The van der Waals surface area contributed by atoms with Gasteiger partial charge >= 0.3 is 0 Å². The SMILES string of the molecule is COc1ccc(Nc2cccc(NC(C)=O)c2)cc1. The number of nitrogens with one attached hydrogen (secondary N) is 2. The summed E-state index contributed by atoms with van der Waals surface area (Å²) in [6.45, 7) is 1.49. The number of hydrogen-bond donors (Lipinski definition) is 2. The van der Waals surface area contributed by atoms with Gasteiger partial charge in [0.2, 0.25) is 5.91 Å². The largest absolute Gasteiger partial charge is 0.497 e. The van der Waals surface area contributed by atoms with Crippen LogP contribution in [0.25, 0.3) is 0 Å². The van der Waals surface area contributed by atoms with Crippen LogP contribution in [0.15, 0.2) is 48.5 Å². The monoisotopic (exact) mass is 256 g/mol. The third-order valence-corrected chi connectivity index (χ3v) is 2.56. The summed E-state index contributed by atoms with van der Waals surface area (Å²) in [4.78, 5) is 11.0. The lowest BCUT2D eigenvalue weighted by molar-refractivity contribution is -0.114. The van der Waals surface area contributed by atoms with Crippen LogP contribution in [0.2, 0.25) is 0 Å². The fourth-order valence-electron chi connectivity index (χ4n) is 1.72. The Labute approximate surface area is 112 Å². The second-order valence-electron chi connectivity index (χ2n) is 4.12. The first-order valence-corrected chi connectivity index (χ1v) is 5.96. The normalized spacial score (nSPS) is 9.79. The minimum atomic E-state index is -0.0819. The summed E-state index contributed by atoms with van der Waals surface area (Å²) in [7, 11) is 1.64. The molecule has 4 nitrogen and oxygen atoms in total. The van der Waals surface area contributed by atoms with Crippen molar-refractivity contribution in [1.82, 2.24) is 0 Å². The Morgan fingerprint density at radius 1 is 1.00 bits per heavy atom. The third kappa shape index (κ3) is 3.74. The van der Waals surface area contributed by atoms with Gasteiger partial charge in [0.25, 0.3) is 0 Å². The molecule has 1 amide bonds. The molecule has 0 saturated heterocycles. The standard InChI is InChI=1S/C15H16N2O2/c1-11(18)16-13-4-3-5-14(10-13)17-12-6-8-15(19-2)9-7-12/h3-10,17H,1-2H3,(H,16,18). The van der Waals surface area contributed by atoms with Crippen molar-refractivity contribution in [3.05, 3.63) is 48.5 Å². The molecular formula is C15H16N2O2. The van der Waals surface area contributed by atoms with Gasteiger partial charge in [-0.05, 0) is 42.5 Å². The van der Waals surface area contributed by atoms with E-state index in [1.165, 1.54) is 6.92 Å². The van der Waals surface area contributed by atoms with Crippen molar-refractivity contribution in [2.75, 3.05) is 17.7 Å². The molecule has 0 unspecified atom stereocenters. The molecule has 4 heteroatoms. The second kappa shape index (κ2) is 5.91. The summed E-state index contributed by atoms with van der Waals surface area (Å²) in [5.74, 6) is 0.735. The summed E-state index contributed by atoms with van der Waals surface area (Å²) < 4.78 is 5.11. The zero-order chi connectivity index (χ0) is 13.7. The highest BCUT2D eigenvalue weighted by molar-refractivity contribution is 5.89. The van der Waals surface area contributed by atoms with Crippen LogP contribution in [0.5, 0.6) is 5.75 Å². The Morgan fingerprint density at radius 2 is 1.68 bits per heavy atom. The van der Waals surface area contributed by atoms with Gasteiger partial charge in [-0.1, -0.05) is 6.07 Å². The minimum Gasteiger partial charge on any atom is -0.497 e. The molecular weight excluding hydrogens is 240 g/mol. The molecule has 0 aliphatic rings. The average Bonchev–Trinajstić information content (AvgIpc) is 2.39. The molecule has 2 N–H and O–H groups in total. The molecule has 2 aromatic rings. The van der Waals surface area contributed by atoms with Crippen molar-refractivity contribution in [2.45, 2.75) is 6.92 Å². The van der Waals surface area contributed by atoms with Gasteiger partial charge in [-0.3, -0.25) is 4.79 Å². The van der Waals surface area contributed by atoms with E-state index in [2.05, 4.69) is 10.6 Å². The van der Waals surface area contributed by atoms with Crippen LogP contribution in [-0.4, -0.2) is 13.0 Å². The van der Waals surface area contributed by atoms with Crippen LogP contribution in [0.3, 0.4) is 0 Å². The number of rotatable bonds is 4. The van der Waals surface area contributed by atoms with Gasteiger partial charge in [-0.25, -0.2) is 0 Å².